The van der Waals surface area contributed by atoms with Gasteiger partial charge in [0.15, 0.2) is 11.0 Å². The van der Waals surface area contributed by atoms with Crippen molar-refractivity contribution in [3.63, 3.8) is 0 Å². The topological polar surface area (TPSA) is 82.5 Å². The molecule has 0 bridgehead atoms. The maximum Gasteiger partial charge on any atom is 0.247 e. The maximum absolute atomic E-state index is 6.28. The van der Waals surface area contributed by atoms with Gasteiger partial charge in [-0.1, -0.05) is 53.2 Å². The van der Waals surface area contributed by atoms with Gasteiger partial charge in [0, 0.05) is 23.5 Å². The molecule has 7 nitrogen and oxygen atoms in total. The highest BCUT2D eigenvalue weighted by Gasteiger charge is 2.18. The fourth-order valence-electron chi connectivity index (χ4n) is 3.04. The van der Waals surface area contributed by atoms with E-state index in [1.165, 1.54) is 11.8 Å². The number of hydrogen-bond donors (Lipinski definition) is 0. The molecular weight excluding hydrogens is 467 g/mol. The van der Waals surface area contributed by atoms with E-state index in [9.17, 15) is 0 Å². The number of rotatable bonds is 6. The summed E-state index contributed by atoms with van der Waals surface area (Å²) < 4.78 is 7.72. The number of aromatic nitrogens is 6. The van der Waals surface area contributed by atoms with Crippen LogP contribution in [0.15, 0.2) is 82.6 Å². The molecule has 0 aliphatic heterocycles. The van der Waals surface area contributed by atoms with Crippen molar-refractivity contribution in [3.8, 4) is 28.5 Å². The van der Waals surface area contributed by atoms with Crippen molar-refractivity contribution >= 4 is 35.0 Å². The van der Waals surface area contributed by atoms with Crippen LogP contribution in [0.3, 0.4) is 0 Å². The summed E-state index contributed by atoms with van der Waals surface area (Å²) in [7, 11) is 0. The zero-order valence-electron chi connectivity index (χ0n) is 16.4. The lowest BCUT2D eigenvalue weighted by Crippen LogP contribution is -2.00. The molecule has 0 unspecified atom stereocenters. The van der Waals surface area contributed by atoms with Gasteiger partial charge in [0.25, 0.3) is 0 Å². The SMILES string of the molecule is Clc1ccc(-n2c(SCc3nnc(-c4ccccc4)o3)nnc2-c2cccnc2)cc1Cl. The van der Waals surface area contributed by atoms with Crippen molar-refractivity contribution in [2.24, 2.45) is 0 Å². The van der Waals surface area contributed by atoms with Gasteiger partial charge < -0.3 is 4.42 Å². The lowest BCUT2D eigenvalue weighted by atomic mass is 10.2. The van der Waals surface area contributed by atoms with E-state index in [1.54, 1.807) is 24.5 Å². The molecule has 0 atom stereocenters. The zero-order valence-corrected chi connectivity index (χ0v) is 18.7. The first kappa shape index (κ1) is 20.7. The summed E-state index contributed by atoms with van der Waals surface area (Å²) in [5, 5.41) is 18.6. The van der Waals surface area contributed by atoms with Gasteiger partial charge in [-0.15, -0.1) is 20.4 Å². The van der Waals surface area contributed by atoms with Crippen molar-refractivity contribution in [1.82, 2.24) is 29.9 Å². The number of nitrogens with zero attached hydrogens (tertiary/aromatic N) is 6. The number of pyridine rings is 1. The molecule has 0 aliphatic carbocycles. The average Bonchev–Trinajstić information content (AvgIpc) is 3.48. The van der Waals surface area contributed by atoms with Crippen LogP contribution in [-0.2, 0) is 5.75 Å². The van der Waals surface area contributed by atoms with Crippen molar-refractivity contribution in [3.05, 3.63) is 89.0 Å². The summed E-state index contributed by atoms with van der Waals surface area (Å²) >= 11 is 13.8. The average molecular weight is 481 g/mol. The van der Waals surface area contributed by atoms with E-state index in [0.29, 0.717) is 38.6 Å². The Bertz CT molecular complexity index is 1360. The highest BCUT2D eigenvalue weighted by atomic mass is 35.5. The van der Waals surface area contributed by atoms with Gasteiger partial charge in [-0.2, -0.15) is 0 Å². The van der Waals surface area contributed by atoms with E-state index < -0.39 is 0 Å². The van der Waals surface area contributed by atoms with Crippen LogP contribution in [0.4, 0.5) is 0 Å². The van der Waals surface area contributed by atoms with Crippen LogP contribution < -0.4 is 0 Å². The van der Waals surface area contributed by atoms with Gasteiger partial charge in [-0.25, -0.2) is 0 Å². The Kier molecular flexibility index (Phi) is 5.89. The first-order valence-corrected chi connectivity index (χ1v) is 11.2. The molecule has 0 spiro atoms. The molecule has 0 saturated carbocycles. The van der Waals surface area contributed by atoms with Crippen LogP contribution in [0.25, 0.3) is 28.5 Å². The van der Waals surface area contributed by atoms with Gasteiger partial charge in [0.2, 0.25) is 11.8 Å². The first-order chi connectivity index (χ1) is 15.7. The zero-order chi connectivity index (χ0) is 21.9. The largest absolute Gasteiger partial charge is 0.420 e. The summed E-state index contributed by atoms with van der Waals surface area (Å²) in [6.45, 7) is 0. The quantitative estimate of drug-likeness (QED) is 0.276. The van der Waals surface area contributed by atoms with Gasteiger partial charge >= 0.3 is 0 Å². The minimum absolute atomic E-state index is 0.423. The van der Waals surface area contributed by atoms with Crippen LogP contribution in [0, 0.1) is 0 Å². The number of hydrogen-bond acceptors (Lipinski definition) is 7. The van der Waals surface area contributed by atoms with E-state index in [2.05, 4.69) is 25.4 Å². The molecule has 0 aliphatic rings. The van der Waals surface area contributed by atoms with Gasteiger partial charge in [0.05, 0.1) is 21.5 Å². The maximum atomic E-state index is 6.28. The summed E-state index contributed by atoms with van der Waals surface area (Å²) in [5.41, 5.74) is 2.47. The first-order valence-electron chi connectivity index (χ1n) is 9.51. The second-order valence-electron chi connectivity index (χ2n) is 6.64. The minimum atomic E-state index is 0.423. The molecule has 3 aromatic heterocycles. The van der Waals surface area contributed by atoms with E-state index >= 15 is 0 Å². The Morgan fingerprint density at radius 3 is 2.47 bits per heavy atom. The Labute approximate surface area is 197 Å². The molecule has 0 saturated heterocycles. The standard InChI is InChI=1S/C22H14Cl2N6OS/c23-17-9-8-16(11-18(17)24)30-20(15-7-4-10-25-12-15)27-29-22(30)32-13-19-26-28-21(31-19)14-5-2-1-3-6-14/h1-12H,13H2. The molecule has 158 valence electrons. The van der Waals surface area contributed by atoms with Crippen LogP contribution in [-0.4, -0.2) is 29.9 Å². The second kappa shape index (κ2) is 9.12. The highest BCUT2D eigenvalue weighted by molar-refractivity contribution is 7.98. The number of thioether (sulfide) groups is 1. The molecule has 0 fully saturated rings. The number of halogens is 2. The molecule has 2 aromatic carbocycles. The Morgan fingerprint density at radius 2 is 1.69 bits per heavy atom. The Morgan fingerprint density at radius 1 is 0.844 bits per heavy atom. The summed E-state index contributed by atoms with van der Waals surface area (Å²) in [4.78, 5) is 4.19. The lowest BCUT2D eigenvalue weighted by Gasteiger charge is -2.10. The third-order valence-corrected chi connectivity index (χ3v) is 6.18. The fourth-order valence-corrected chi connectivity index (χ4v) is 4.12. The molecule has 10 heteroatoms. The molecule has 0 radical (unpaired) electrons. The van der Waals surface area contributed by atoms with Crippen molar-refractivity contribution in [2.75, 3.05) is 0 Å². The van der Waals surface area contributed by atoms with Crippen molar-refractivity contribution < 1.29 is 4.42 Å². The molecule has 5 aromatic rings. The summed E-state index contributed by atoms with van der Waals surface area (Å²) in [6.07, 6.45) is 3.44. The van der Waals surface area contributed by atoms with Crippen LogP contribution in [0.1, 0.15) is 5.89 Å². The monoisotopic (exact) mass is 480 g/mol. The molecule has 32 heavy (non-hydrogen) atoms. The van der Waals surface area contributed by atoms with Gasteiger partial charge in [-0.05, 0) is 42.5 Å². The van der Waals surface area contributed by atoms with Gasteiger partial charge in [-0.3, -0.25) is 9.55 Å². The second-order valence-corrected chi connectivity index (χ2v) is 8.39. The van der Waals surface area contributed by atoms with Crippen LogP contribution in [0.5, 0.6) is 0 Å². The normalized spacial score (nSPS) is 11.1. The molecule has 0 N–H and O–H groups in total. The van der Waals surface area contributed by atoms with Crippen LogP contribution >= 0.6 is 35.0 Å². The molecule has 3 heterocycles. The molecule has 0 amide bonds. The third-order valence-electron chi connectivity index (χ3n) is 4.53. The predicted molar refractivity (Wildman–Crippen MR) is 124 cm³/mol. The van der Waals surface area contributed by atoms with E-state index in [-0.39, 0.29) is 0 Å². The fraction of sp³-hybridized carbons (Fsp3) is 0.0455. The Hall–Kier alpha value is -3.20. The smallest absolute Gasteiger partial charge is 0.247 e. The van der Waals surface area contributed by atoms with Crippen molar-refractivity contribution in [2.45, 2.75) is 10.9 Å². The van der Waals surface area contributed by atoms with Gasteiger partial charge in [0.1, 0.15) is 0 Å². The minimum Gasteiger partial charge on any atom is -0.420 e. The van der Waals surface area contributed by atoms with Crippen LogP contribution in [0.2, 0.25) is 10.0 Å². The lowest BCUT2D eigenvalue weighted by molar-refractivity contribution is 0.528. The van der Waals surface area contributed by atoms with E-state index in [4.69, 9.17) is 27.6 Å². The molecular formula is C22H14Cl2N6OS. The molecule has 5 rings (SSSR count). The van der Waals surface area contributed by atoms with Crippen molar-refractivity contribution in [1.29, 1.82) is 0 Å². The van der Waals surface area contributed by atoms with E-state index in [1.807, 2.05) is 53.1 Å². The highest BCUT2D eigenvalue weighted by Crippen LogP contribution is 2.32. The summed E-state index contributed by atoms with van der Waals surface area (Å²) in [6, 6.07) is 18.8. The third kappa shape index (κ3) is 4.25. The predicted octanol–water partition coefficient (Wildman–Crippen LogP) is 5.98. The number of benzene rings is 2. The Balaban J connectivity index is 1.47. The van der Waals surface area contributed by atoms with E-state index in [0.717, 1.165) is 16.8 Å². The summed E-state index contributed by atoms with van der Waals surface area (Å²) in [5.74, 6) is 2.02.